The Balaban J connectivity index is 1.03. The lowest BCUT2D eigenvalue weighted by Gasteiger charge is -2.47. The molecule has 56 heavy (non-hydrogen) atoms. The first-order valence-corrected chi connectivity index (χ1v) is 21.0. The highest BCUT2D eigenvalue weighted by Gasteiger charge is 2.54. The van der Waals surface area contributed by atoms with Crippen molar-refractivity contribution in [2.24, 2.45) is 11.8 Å². The van der Waals surface area contributed by atoms with Crippen LogP contribution in [0.4, 0.5) is 5.69 Å². The summed E-state index contributed by atoms with van der Waals surface area (Å²) in [6.45, 7) is 6.24. The standard InChI is InChI=1S/C47H56ClN3O5/c1-32(31-56-42-19-25-49-41-14-6-9-33(2)44(41)42)27-36-28-35-16-17-39(55-26-8-15-43(52)50-24-18-34-10-4-3-5-11-34)30-40(35)46(36)20-22-47(23-21-46,45(53)54)51-38-13-7-12-37(48)29-38/h3-5,7,10-13,16-17,19,25,29-30,32-33,36,51H,6,8-9,14-15,18,20-24,26-28,31H2,1-2H3,(H,50,52)(H,53,54)/t32-,33-,36?,46?,47?/m1/s1. The summed E-state index contributed by atoms with van der Waals surface area (Å²) in [6.07, 6.45) is 11.4. The van der Waals surface area contributed by atoms with Crippen LogP contribution in [0, 0.1) is 11.8 Å². The lowest BCUT2D eigenvalue weighted by atomic mass is 9.59. The number of carbonyl (C=O) groups is 2. The fourth-order valence-electron chi connectivity index (χ4n) is 9.67. The number of carboxylic acids is 1. The average Bonchev–Trinajstić information content (AvgIpc) is 3.48. The smallest absolute Gasteiger partial charge is 0.329 e. The fourth-order valence-corrected chi connectivity index (χ4v) is 9.86. The number of carbonyl (C=O) groups excluding carboxylic acids is 1. The van der Waals surface area contributed by atoms with Gasteiger partial charge in [-0.05, 0) is 147 Å². The van der Waals surface area contributed by atoms with Gasteiger partial charge in [-0.2, -0.15) is 0 Å². The molecule has 1 spiro atoms. The van der Waals surface area contributed by atoms with Crippen LogP contribution in [0.25, 0.3) is 0 Å². The maximum atomic E-state index is 13.0. The van der Waals surface area contributed by atoms with Gasteiger partial charge in [-0.1, -0.05) is 67.9 Å². The molecule has 8 nitrogen and oxygen atoms in total. The Hall–Kier alpha value is -4.56. The van der Waals surface area contributed by atoms with Gasteiger partial charge in [0.05, 0.1) is 13.2 Å². The van der Waals surface area contributed by atoms with E-state index >= 15 is 0 Å². The lowest BCUT2D eigenvalue weighted by molar-refractivity contribution is -0.144. The predicted molar refractivity (Wildman–Crippen MR) is 222 cm³/mol. The second-order valence-corrected chi connectivity index (χ2v) is 17.0. The van der Waals surface area contributed by atoms with E-state index in [-0.39, 0.29) is 11.3 Å². The third kappa shape index (κ3) is 9.01. The van der Waals surface area contributed by atoms with Crippen molar-refractivity contribution in [3.05, 3.63) is 118 Å². The highest BCUT2D eigenvalue weighted by molar-refractivity contribution is 6.30. The number of fused-ring (bicyclic) bond motifs is 3. The molecule has 1 unspecified atom stereocenters. The quantitative estimate of drug-likeness (QED) is 0.0973. The molecule has 1 aromatic heterocycles. The minimum absolute atomic E-state index is 0.0345. The molecule has 3 aliphatic carbocycles. The molecule has 4 aromatic rings. The van der Waals surface area contributed by atoms with Crippen LogP contribution in [0.1, 0.15) is 106 Å². The molecule has 7 rings (SSSR count). The molecule has 3 atom stereocenters. The molecule has 1 heterocycles. The number of amides is 1. The van der Waals surface area contributed by atoms with E-state index in [9.17, 15) is 14.7 Å². The van der Waals surface area contributed by atoms with E-state index in [1.54, 1.807) is 12.1 Å². The molecule has 1 amide bonds. The predicted octanol–water partition coefficient (Wildman–Crippen LogP) is 9.72. The number of hydrogen-bond donors (Lipinski definition) is 3. The Labute approximate surface area is 336 Å². The van der Waals surface area contributed by atoms with Gasteiger partial charge < -0.3 is 25.2 Å². The van der Waals surface area contributed by atoms with Crippen molar-refractivity contribution in [2.45, 2.75) is 108 Å². The van der Waals surface area contributed by atoms with Crippen LogP contribution in [0.2, 0.25) is 5.02 Å². The molecule has 3 aliphatic rings. The number of aryl methyl sites for hydroxylation is 1. The summed E-state index contributed by atoms with van der Waals surface area (Å²) in [4.78, 5) is 30.2. The van der Waals surface area contributed by atoms with Gasteiger partial charge in [-0.25, -0.2) is 4.79 Å². The van der Waals surface area contributed by atoms with Crippen LogP contribution in [-0.4, -0.2) is 47.3 Å². The number of aromatic nitrogens is 1. The zero-order valence-electron chi connectivity index (χ0n) is 32.8. The van der Waals surface area contributed by atoms with E-state index in [4.69, 9.17) is 21.1 Å². The van der Waals surface area contributed by atoms with Crippen LogP contribution in [0.3, 0.4) is 0 Å². The van der Waals surface area contributed by atoms with Crippen molar-refractivity contribution in [3.8, 4) is 11.5 Å². The monoisotopic (exact) mass is 777 g/mol. The van der Waals surface area contributed by atoms with E-state index < -0.39 is 11.5 Å². The van der Waals surface area contributed by atoms with Crippen molar-refractivity contribution in [2.75, 3.05) is 25.1 Å². The van der Waals surface area contributed by atoms with Crippen LogP contribution in [-0.2, 0) is 34.3 Å². The van der Waals surface area contributed by atoms with Crippen molar-refractivity contribution in [1.29, 1.82) is 0 Å². The fraction of sp³-hybridized carbons (Fsp3) is 0.468. The number of rotatable bonds is 16. The Kier molecular flexibility index (Phi) is 12.5. The first kappa shape index (κ1) is 39.7. The number of pyridine rings is 1. The molecule has 0 bridgehead atoms. The minimum Gasteiger partial charge on any atom is -0.494 e. The first-order valence-electron chi connectivity index (χ1n) is 20.6. The zero-order chi connectivity index (χ0) is 39.1. The number of ether oxygens (including phenoxy) is 2. The maximum Gasteiger partial charge on any atom is 0.329 e. The number of benzene rings is 3. The summed E-state index contributed by atoms with van der Waals surface area (Å²) >= 11 is 6.30. The summed E-state index contributed by atoms with van der Waals surface area (Å²) < 4.78 is 12.9. The van der Waals surface area contributed by atoms with Gasteiger partial charge >= 0.3 is 5.97 Å². The van der Waals surface area contributed by atoms with Gasteiger partial charge in [0.25, 0.3) is 0 Å². The molecule has 296 valence electrons. The maximum absolute atomic E-state index is 13.0. The summed E-state index contributed by atoms with van der Waals surface area (Å²) in [7, 11) is 0. The number of halogens is 1. The van der Waals surface area contributed by atoms with Gasteiger partial charge in [-0.3, -0.25) is 9.78 Å². The summed E-state index contributed by atoms with van der Waals surface area (Å²) in [5.41, 5.74) is 5.69. The van der Waals surface area contributed by atoms with Crippen molar-refractivity contribution >= 4 is 29.2 Å². The molecule has 0 saturated heterocycles. The van der Waals surface area contributed by atoms with E-state index in [1.807, 2.05) is 42.6 Å². The highest BCUT2D eigenvalue weighted by atomic mass is 35.5. The Bertz CT molecular complexity index is 1980. The lowest BCUT2D eigenvalue weighted by Crippen LogP contribution is -2.53. The van der Waals surface area contributed by atoms with Crippen molar-refractivity contribution < 1.29 is 24.2 Å². The molecule has 3 aromatic carbocycles. The Morgan fingerprint density at radius 3 is 2.61 bits per heavy atom. The number of anilines is 1. The average molecular weight is 778 g/mol. The number of hydrogen-bond acceptors (Lipinski definition) is 6. The molecular formula is C47H56ClN3O5. The van der Waals surface area contributed by atoms with Gasteiger partial charge in [0.2, 0.25) is 5.91 Å². The van der Waals surface area contributed by atoms with E-state index in [2.05, 4.69) is 59.8 Å². The van der Waals surface area contributed by atoms with Gasteiger partial charge in [0.15, 0.2) is 0 Å². The third-order valence-electron chi connectivity index (χ3n) is 12.7. The van der Waals surface area contributed by atoms with Crippen LogP contribution < -0.4 is 20.1 Å². The van der Waals surface area contributed by atoms with E-state index in [1.165, 1.54) is 34.4 Å². The largest absolute Gasteiger partial charge is 0.494 e. The molecule has 1 fully saturated rings. The SMILES string of the molecule is C[C@@H](COc1ccnc2c1[C@H](C)CCC2)CC1Cc2ccc(OCCCC(=O)NCCc3ccccc3)cc2C12CCC(Nc1cccc(Cl)c1)(C(=O)O)CC2. The Morgan fingerprint density at radius 1 is 1.00 bits per heavy atom. The normalized spacial score (nSPS) is 23.1. The van der Waals surface area contributed by atoms with Crippen molar-refractivity contribution in [3.63, 3.8) is 0 Å². The van der Waals surface area contributed by atoms with Crippen LogP contribution in [0.15, 0.2) is 85.1 Å². The second kappa shape index (κ2) is 17.7. The molecule has 3 N–H and O–H groups in total. The second-order valence-electron chi connectivity index (χ2n) is 16.6. The zero-order valence-corrected chi connectivity index (χ0v) is 33.6. The Morgan fingerprint density at radius 2 is 1.82 bits per heavy atom. The van der Waals surface area contributed by atoms with Crippen molar-refractivity contribution in [1.82, 2.24) is 10.3 Å². The molecule has 1 saturated carbocycles. The van der Waals surface area contributed by atoms with Crippen LogP contribution >= 0.6 is 11.6 Å². The van der Waals surface area contributed by atoms with E-state index in [0.717, 1.165) is 62.1 Å². The molecule has 0 aliphatic heterocycles. The third-order valence-corrected chi connectivity index (χ3v) is 12.9. The molecular weight excluding hydrogens is 722 g/mol. The number of nitrogens with zero attached hydrogens (tertiary/aromatic N) is 1. The van der Waals surface area contributed by atoms with Gasteiger partial charge in [0.1, 0.15) is 17.0 Å². The summed E-state index contributed by atoms with van der Waals surface area (Å²) in [5.74, 6) is 2.04. The first-order chi connectivity index (χ1) is 27.1. The number of nitrogens with one attached hydrogen (secondary N) is 2. The molecule has 0 radical (unpaired) electrons. The minimum atomic E-state index is -1.09. The van der Waals surface area contributed by atoms with Crippen LogP contribution in [0.5, 0.6) is 11.5 Å². The highest BCUT2D eigenvalue weighted by Crippen LogP contribution is 2.57. The summed E-state index contributed by atoms with van der Waals surface area (Å²) in [5, 5.41) is 17.7. The molecule has 9 heteroatoms. The number of aliphatic carboxylic acids is 1. The number of carboxylic acid groups (broad SMARTS) is 1. The topological polar surface area (TPSA) is 110 Å². The van der Waals surface area contributed by atoms with Gasteiger partial charge in [0, 0.05) is 41.1 Å². The van der Waals surface area contributed by atoms with Gasteiger partial charge in [-0.15, -0.1) is 0 Å². The van der Waals surface area contributed by atoms with E-state index in [0.29, 0.717) is 68.2 Å². The summed E-state index contributed by atoms with van der Waals surface area (Å²) in [6, 6.07) is 26.0.